The molecule has 2 aromatic rings. The third kappa shape index (κ3) is 5.94. The highest BCUT2D eigenvalue weighted by molar-refractivity contribution is 5.92. The van der Waals surface area contributed by atoms with Crippen LogP contribution in [-0.4, -0.2) is 58.3 Å². The number of rotatable bonds is 8. The number of quaternary nitrogens is 2. The van der Waals surface area contributed by atoms with Crippen molar-refractivity contribution in [3.63, 3.8) is 0 Å². The van der Waals surface area contributed by atoms with Gasteiger partial charge in [0, 0.05) is 6.42 Å². The van der Waals surface area contributed by atoms with E-state index >= 15 is 0 Å². The summed E-state index contributed by atoms with van der Waals surface area (Å²) in [6.07, 6.45) is 1.71. The fraction of sp³-hybridized carbons (Fsp3) is 0.423. The van der Waals surface area contributed by atoms with Crippen molar-refractivity contribution in [2.45, 2.75) is 44.8 Å². The number of carbonyl (C=O) groups excluding carboxylic acids is 1. The number of carbonyl (C=O) groups is 1. The second-order valence-electron chi connectivity index (χ2n) is 10.1. The molecule has 0 aliphatic heterocycles. The number of aryl methyl sites for hydroxylation is 1. The van der Waals surface area contributed by atoms with Crippen LogP contribution in [0.4, 0.5) is 0 Å². The summed E-state index contributed by atoms with van der Waals surface area (Å²) >= 11 is 0. The summed E-state index contributed by atoms with van der Waals surface area (Å²) in [5.74, 6) is -0.627. The van der Waals surface area contributed by atoms with Crippen molar-refractivity contribution in [3.05, 3.63) is 79.3 Å². The van der Waals surface area contributed by atoms with Crippen LogP contribution in [0.3, 0.4) is 0 Å². The zero-order valence-corrected chi connectivity index (χ0v) is 19.6. The lowest BCUT2D eigenvalue weighted by Gasteiger charge is -2.47. The van der Waals surface area contributed by atoms with E-state index in [0.717, 1.165) is 12.8 Å². The molecule has 1 amide bonds. The number of nitrogens with zero attached hydrogens (tertiary/aromatic N) is 2. The molecule has 0 aliphatic carbocycles. The molecule has 0 aliphatic rings. The molecular weight excluding hydrogens is 388 g/mol. The maximum Gasteiger partial charge on any atom is 0.349 e. The first kappa shape index (κ1) is 25.1. The molecule has 0 heterocycles. The van der Waals surface area contributed by atoms with Gasteiger partial charge in [-0.1, -0.05) is 36.4 Å². The summed E-state index contributed by atoms with van der Waals surface area (Å²) in [5.41, 5.74) is 0.148. The quantitative estimate of drug-likeness (QED) is 0.630. The summed E-state index contributed by atoms with van der Waals surface area (Å²) < 4.78 is -0.383. The first-order chi connectivity index (χ1) is 14.1. The summed E-state index contributed by atoms with van der Waals surface area (Å²) in [5, 5.41) is 21.5. The molecular formula is C26H36N2O3+2. The molecule has 0 aromatic heterocycles. The van der Waals surface area contributed by atoms with E-state index in [-0.39, 0.29) is 27.9 Å². The average Bonchev–Trinajstić information content (AvgIpc) is 2.65. The Kier molecular flexibility index (Phi) is 7.06. The fourth-order valence-electron chi connectivity index (χ4n) is 3.65. The van der Waals surface area contributed by atoms with Crippen molar-refractivity contribution in [1.29, 1.82) is 0 Å². The standard InChI is InChI=1S/C26H36N2O3/c1-25(2,17-16-20-12-10-9-11-13-20)28(7,8)19-26(3,31)21-14-15-23(29)22(18-21)24(30)27(4,5)6/h4,7,9-15,18,29,31H,16-17,19H2,1-3,5-6,8H3/q+2. The second kappa shape index (κ2) is 8.73. The van der Waals surface area contributed by atoms with Gasteiger partial charge in [0.2, 0.25) is 14.1 Å². The van der Waals surface area contributed by atoms with E-state index in [4.69, 9.17) is 14.1 Å². The molecule has 2 N–H and O–H groups in total. The van der Waals surface area contributed by atoms with Crippen LogP contribution < -0.4 is 0 Å². The maximum atomic E-state index is 12.6. The van der Waals surface area contributed by atoms with Gasteiger partial charge in [-0.2, -0.15) is 0 Å². The molecule has 2 aromatic carbocycles. The molecule has 2 rings (SSSR count). The lowest BCUT2D eigenvalue weighted by molar-refractivity contribution is -0.922. The van der Waals surface area contributed by atoms with Gasteiger partial charge in [-0.05, 0) is 50.5 Å². The summed E-state index contributed by atoms with van der Waals surface area (Å²) in [6, 6.07) is 14.8. The highest BCUT2D eigenvalue weighted by Crippen LogP contribution is 2.34. The summed E-state index contributed by atoms with van der Waals surface area (Å²) in [6.45, 7) is 6.07. The smallest absolute Gasteiger partial charge is 0.349 e. The van der Waals surface area contributed by atoms with Crippen molar-refractivity contribution < 1.29 is 24.0 Å². The number of aromatic hydroxyl groups is 1. The summed E-state index contributed by atoms with van der Waals surface area (Å²) in [7, 11) is 17.5. The van der Waals surface area contributed by atoms with Crippen LogP contribution in [0, 0.1) is 14.1 Å². The van der Waals surface area contributed by atoms with Crippen LogP contribution in [0.15, 0.2) is 48.5 Å². The molecule has 31 heavy (non-hydrogen) atoms. The van der Waals surface area contributed by atoms with E-state index in [9.17, 15) is 15.0 Å². The van der Waals surface area contributed by atoms with Gasteiger partial charge in [0.05, 0.1) is 26.7 Å². The van der Waals surface area contributed by atoms with Crippen LogP contribution in [0.25, 0.3) is 0 Å². The normalized spacial score (nSPS) is 14.9. The van der Waals surface area contributed by atoms with E-state index in [1.807, 2.05) is 25.2 Å². The number of aliphatic hydroxyl groups is 1. The van der Waals surface area contributed by atoms with Gasteiger partial charge in [0.1, 0.15) is 23.5 Å². The van der Waals surface area contributed by atoms with Crippen molar-refractivity contribution in [2.75, 3.05) is 27.7 Å². The first-order valence-electron chi connectivity index (χ1n) is 10.5. The minimum absolute atomic E-state index is 0.0693. The molecule has 0 spiro atoms. The van der Waals surface area contributed by atoms with Gasteiger partial charge < -0.3 is 14.7 Å². The molecule has 166 valence electrons. The molecule has 5 nitrogen and oxygen atoms in total. The highest BCUT2D eigenvalue weighted by atomic mass is 16.3. The van der Waals surface area contributed by atoms with E-state index in [1.54, 1.807) is 13.0 Å². The zero-order valence-electron chi connectivity index (χ0n) is 19.6. The Balaban J connectivity index is 2.26. The van der Waals surface area contributed by atoms with Crippen molar-refractivity contribution in [1.82, 2.24) is 0 Å². The molecule has 0 saturated carbocycles. The van der Waals surface area contributed by atoms with Gasteiger partial charge >= 0.3 is 5.91 Å². The zero-order chi connectivity index (χ0) is 23.7. The minimum Gasteiger partial charge on any atom is -0.507 e. The first-order valence-corrected chi connectivity index (χ1v) is 10.5. The molecule has 2 atom stereocenters. The molecule has 0 saturated heterocycles. The predicted molar refractivity (Wildman–Crippen MR) is 123 cm³/mol. The van der Waals surface area contributed by atoms with Gasteiger partial charge in [0.25, 0.3) is 0 Å². The minimum atomic E-state index is -1.33. The Morgan fingerprint density at radius 3 is 2.13 bits per heavy atom. The Bertz CT molecular complexity index is 910. The number of phenolic OH excluding ortho intramolecular Hbond substituents is 1. The van der Waals surface area contributed by atoms with Crippen LogP contribution in [0.2, 0.25) is 0 Å². The largest absolute Gasteiger partial charge is 0.507 e. The SMILES string of the molecule is [CH][N+](C)(C)C(=O)c1cc(C(C)(O)C[N+]([CH])(C)C(C)(C)CCc2ccccc2)ccc1O. The molecule has 5 heteroatoms. The Hall–Kier alpha value is -2.21. The van der Waals surface area contributed by atoms with Crippen LogP contribution >= 0.6 is 0 Å². The molecule has 2 unspecified atom stereocenters. The number of hydrogen-bond acceptors (Lipinski definition) is 3. The molecule has 4 radical (unpaired) electrons. The Morgan fingerprint density at radius 2 is 1.58 bits per heavy atom. The van der Waals surface area contributed by atoms with Crippen LogP contribution in [-0.2, 0) is 12.0 Å². The van der Waals surface area contributed by atoms with E-state index in [0.29, 0.717) is 5.56 Å². The average molecular weight is 425 g/mol. The highest BCUT2D eigenvalue weighted by Gasteiger charge is 2.43. The van der Waals surface area contributed by atoms with Crippen LogP contribution in [0.5, 0.6) is 5.75 Å². The molecule has 0 fully saturated rings. The lowest BCUT2D eigenvalue weighted by atomic mass is 9.87. The van der Waals surface area contributed by atoms with Gasteiger partial charge in [0.15, 0.2) is 0 Å². The number of likely N-dealkylation sites (N-methyl/N-ethyl adjacent to an activating group) is 1. The number of hydrogen-bond donors (Lipinski definition) is 2. The van der Waals surface area contributed by atoms with Crippen molar-refractivity contribution in [3.8, 4) is 5.75 Å². The van der Waals surface area contributed by atoms with Gasteiger partial charge in [-0.25, -0.2) is 9.28 Å². The van der Waals surface area contributed by atoms with Crippen molar-refractivity contribution >= 4 is 5.91 Å². The van der Waals surface area contributed by atoms with Crippen LogP contribution in [0.1, 0.15) is 48.7 Å². The van der Waals surface area contributed by atoms with E-state index in [2.05, 4.69) is 26.0 Å². The monoisotopic (exact) mass is 424 g/mol. The second-order valence-corrected chi connectivity index (χ2v) is 10.1. The topological polar surface area (TPSA) is 57.5 Å². The number of benzene rings is 2. The Morgan fingerprint density at radius 1 is 1.00 bits per heavy atom. The van der Waals surface area contributed by atoms with Gasteiger partial charge in [-0.15, -0.1) is 0 Å². The number of amides is 1. The fourth-order valence-corrected chi connectivity index (χ4v) is 3.65. The maximum absolute atomic E-state index is 12.6. The summed E-state index contributed by atoms with van der Waals surface area (Å²) in [4.78, 5) is 12.6. The number of phenols is 1. The van der Waals surface area contributed by atoms with E-state index in [1.165, 1.54) is 31.8 Å². The van der Waals surface area contributed by atoms with Crippen molar-refractivity contribution in [2.24, 2.45) is 0 Å². The van der Waals surface area contributed by atoms with Gasteiger partial charge in [-0.3, -0.25) is 0 Å². The lowest BCUT2D eigenvalue weighted by Crippen LogP contribution is -2.59. The predicted octanol–water partition coefficient (Wildman–Crippen LogP) is 4.01. The van der Waals surface area contributed by atoms with E-state index < -0.39 is 16.0 Å². The third-order valence-corrected chi connectivity index (χ3v) is 6.26. The Labute approximate surface area is 187 Å². The third-order valence-electron chi connectivity index (χ3n) is 6.26. The molecule has 0 bridgehead atoms.